The zero-order chi connectivity index (χ0) is 25.3. The number of rotatable bonds is 7. The number of ether oxygens (including phenoxy) is 5. The smallest absolute Gasteiger partial charge is 0.187 e. The van der Waals surface area contributed by atoms with Crippen molar-refractivity contribution >= 4 is 0 Å². The van der Waals surface area contributed by atoms with Gasteiger partial charge in [-0.2, -0.15) is 0 Å². The van der Waals surface area contributed by atoms with Gasteiger partial charge in [-0.25, -0.2) is 0 Å². The first-order chi connectivity index (χ1) is 16.0. The van der Waals surface area contributed by atoms with Gasteiger partial charge in [0, 0.05) is 0 Å². The molecular formula is C18H32O16. The lowest BCUT2D eigenvalue weighted by Crippen LogP contribution is -2.67. The molecule has 0 spiro atoms. The number of aliphatic hydroxyl groups excluding tert-OH is 11. The summed E-state index contributed by atoms with van der Waals surface area (Å²) in [7, 11) is 0. The van der Waals surface area contributed by atoms with Gasteiger partial charge in [0.25, 0.3) is 0 Å². The molecule has 0 aromatic carbocycles. The summed E-state index contributed by atoms with van der Waals surface area (Å²) < 4.78 is 26.7. The normalized spacial score (nSPS) is 52.5. The second-order valence-electron chi connectivity index (χ2n) is 8.33. The third-order valence-electron chi connectivity index (χ3n) is 6.09. The monoisotopic (exact) mass is 504 g/mol. The van der Waals surface area contributed by atoms with Crippen LogP contribution < -0.4 is 0 Å². The molecule has 3 fully saturated rings. The first-order valence-corrected chi connectivity index (χ1v) is 10.6. The minimum atomic E-state index is -1.93. The van der Waals surface area contributed by atoms with Gasteiger partial charge in [-0.05, 0) is 0 Å². The predicted octanol–water partition coefficient (Wildman–Crippen LogP) is -7.57. The predicted molar refractivity (Wildman–Crippen MR) is 101 cm³/mol. The maximum Gasteiger partial charge on any atom is 0.187 e. The van der Waals surface area contributed by atoms with Gasteiger partial charge in [0.05, 0.1) is 19.8 Å². The van der Waals surface area contributed by atoms with Crippen molar-refractivity contribution < 1.29 is 79.9 Å². The largest absolute Gasteiger partial charge is 0.394 e. The van der Waals surface area contributed by atoms with Crippen LogP contribution in [0.4, 0.5) is 0 Å². The van der Waals surface area contributed by atoms with Crippen molar-refractivity contribution in [3.63, 3.8) is 0 Å². The van der Waals surface area contributed by atoms with E-state index in [2.05, 4.69) is 0 Å². The minimum Gasteiger partial charge on any atom is -0.394 e. The van der Waals surface area contributed by atoms with Gasteiger partial charge >= 0.3 is 0 Å². The Balaban J connectivity index is 1.84. The molecule has 15 atom stereocenters. The molecule has 3 aliphatic heterocycles. The Bertz CT molecular complexity index is 599. The fourth-order valence-corrected chi connectivity index (χ4v) is 4.04. The summed E-state index contributed by atoms with van der Waals surface area (Å²) >= 11 is 0. The van der Waals surface area contributed by atoms with Gasteiger partial charge in [-0.15, -0.1) is 0 Å². The molecule has 3 aliphatic rings. The third kappa shape index (κ3) is 5.37. The van der Waals surface area contributed by atoms with Crippen molar-refractivity contribution in [3.8, 4) is 0 Å². The van der Waals surface area contributed by atoms with Crippen LogP contribution in [0.5, 0.6) is 0 Å². The summed E-state index contributed by atoms with van der Waals surface area (Å²) in [6.45, 7) is -2.35. The Morgan fingerprint density at radius 1 is 0.441 bits per heavy atom. The molecule has 200 valence electrons. The van der Waals surface area contributed by atoms with Crippen molar-refractivity contribution in [2.24, 2.45) is 0 Å². The van der Waals surface area contributed by atoms with Crippen LogP contribution in [-0.4, -0.2) is 168 Å². The van der Waals surface area contributed by atoms with Gasteiger partial charge in [0.1, 0.15) is 73.2 Å². The molecular weight excluding hydrogens is 472 g/mol. The molecule has 0 amide bonds. The van der Waals surface area contributed by atoms with Gasteiger partial charge in [0.15, 0.2) is 18.9 Å². The Kier molecular flexibility index (Phi) is 9.54. The Morgan fingerprint density at radius 2 is 0.853 bits per heavy atom. The maximum absolute atomic E-state index is 10.5. The van der Waals surface area contributed by atoms with E-state index >= 15 is 0 Å². The molecule has 3 rings (SSSR count). The number of hydrogen-bond donors (Lipinski definition) is 11. The summed E-state index contributed by atoms with van der Waals surface area (Å²) in [5.41, 5.74) is 0. The summed E-state index contributed by atoms with van der Waals surface area (Å²) in [5, 5.41) is 109. The molecule has 0 aromatic rings. The van der Waals surface area contributed by atoms with Gasteiger partial charge in [0.2, 0.25) is 0 Å². The summed E-state index contributed by atoms with van der Waals surface area (Å²) in [6, 6.07) is 0. The number of aliphatic hydroxyl groups is 11. The molecule has 3 unspecified atom stereocenters. The van der Waals surface area contributed by atoms with Gasteiger partial charge in [-0.1, -0.05) is 0 Å². The molecule has 0 saturated carbocycles. The second kappa shape index (κ2) is 11.6. The topological polar surface area (TPSA) is 269 Å². The summed E-state index contributed by atoms with van der Waals surface area (Å²) in [5.74, 6) is 0. The van der Waals surface area contributed by atoms with Crippen molar-refractivity contribution in [1.29, 1.82) is 0 Å². The van der Waals surface area contributed by atoms with Gasteiger partial charge in [-0.3, -0.25) is 0 Å². The Morgan fingerprint density at radius 3 is 1.26 bits per heavy atom. The summed E-state index contributed by atoms with van der Waals surface area (Å²) in [4.78, 5) is 0. The van der Waals surface area contributed by atoms with E-state index in [9.17, 15) is 56.2 Å². The van der Waals surface area contributed by atoms with E-state index in [0.717, 1.165) is 0 Å². The van der Waals surface area contributed by atoms with E-state index in [4.69, 9.17) is 23.7 Å². The number of hydrogen-bond acceptors (Lipinski definition) is 16. The van der Waals surface area contributed by atoms with E-state index in [1.165, 1.54) is 0 Å². The van der Waals surface area contributed by atoms with Crippen molar-refractivity contribution in [2.45, 2.75) is 92.1 Å². The molecule has 0 radical (unpaired) electrons. The van der Waals surface area contributed by atoms with Crippen LogP contribution in [0.3, 0.4) is 0 Å². The van der Waals surface area contributed by atoms with E-state index in [0.29, 0.717) is 0 Å². The summed E-state index contributed by atoms with van der Waals surface area (Å²) in [6.07, 6.45) is -25.6. The van der Waals surface area contributed by atoms with Crippen molar-refractivity contribution in [3.05, 3.63) is 0 Å². The van der Waals surface area contributed by atoms with Crippen LogP contribution in [0, 0.1) is 0 Å². The van der Waals surface area contributed by atoms with Crippen LogP contribution >= 0.6 is 0 Å². The maximum atomic E-state index is 10.5. The standard InChI is InChI=1S/C18H32O16/c19-1-4-7(22)9(24)11(26)17(31-4)33-14-6(3-21)30-16(29)13(28)15(14)34-18-12(27)10(25)8(23)5(2-20)32-18/h4-29H,1-3H2/t4-,5-,6-,7-,8+,9+,10+,11-,12-,13-,14+,15-,16?,17?,18?/m1/s1. The average molecular weight is 504 g/mol. The van der Waals surface area contributed by atoms with E-state index < -0.39 is 112 Å². The quantitative estimate of drug-likeness (QED) is 0.154. The Hall–Kier alpha value is -0.640. The molecule has 16 nitrogen and oxygen atoms in total. The molecule has 3 saturated heterocycles. The highest BCUT2D eigenvalue weighted by atomic mass is 16.8. The van der Waals surface area contributed by atoms with Crippen LogP contribution in [0.25, 0.3) is 0 Å². The molecule has 0 aromatic heterocycles. The first-order valence-electron chi connectivity index (χ1n) is 10.6. The lowest BCUT2D eigenvalue weighted by molar-refractivity contribution is -0.383. The highest BCUT2D eigenvalue weighted by Gasteiger charge is 2.53. The second-order valence-corrected chi connectivity index (χ2v) is 8.33. The first kappa shape index (κ1) is 27.9. The van der Waals surface area contributed by atoms with E-state index in [1.807, 2.05) is 0 Å². The molecule has 34 heavy (non-hydrogen) atoms. The molecule has 0 bridgehead atoms. The third-order valence-corrected chi connectivity index (χ3v) is 6.09. The molecule has 11 N–H and O–H groups in total. The van der Waals surface area contributed by atoms with E-state index in [-0.39, 0.29) is 0 Å². The fourth-order valence-electron chi connectivity index (χ4n) is 4.04. The highest BCUT2D eigenvalue weighted by molar-refractivity contribution is 4.96. The van der Waals surface area contributed by atoms with Crippen LogP contribution in [-0.2, 0) is 23.7 Å². The molecule has 0 aliphatic carbocycles. The van der Waals surface area contributed by atoms with Crippen LogP contribution in [0.15, 0.2) is 0 Å². The highest BCUT2D eigenvalue weighted by Crippen LogP contribution is 2.32. The SMILES string of the molecule is OC[C@H]1OC(O[C@H]2[C@@H](OC3O[C@H](CO)[C@@H](O)[C@H](O)[C@H]3O)[C@@H](CO)OC(O)[C@@H]2O)[C@H](O)[C@@H](O)[C@H]1O. The average Bonchev–Trinajstić information content (AvgIpc) is 2.83. The van der Waals surface area contributed by atoms with E-state index in [1.54, 1.807) is 0 Å². The lowest BCUT2D eigenvalue weighted by Gasteiger charge is -2.48. The van der Waals surface area contributed by atoms with Gasteiger partial charge < -0.3 is 79.9 Å². The lowest BCUT2D eigenvalue weighted by atomic mass is 9.96. The van der Waals surface area contributed by atoms with Crippen LogP contribution in [0.2, 0.25) is 0 Å². The van der Waals surface area contributed by atoms with Crippen molar-refractivity contribution in [2.75, 3.05) is 19.8 Å². The zero-order valence-corrected chi connectivity index (χ0v) is 17.7. The molecule has 3 heterocycles. The fraction of sp³-hybridized carbons (Fsp3) is 1.00. The molecule has 16 heteroatoms. The zero-order valence-electron chi connectivity index (χ0n) is 17.7. The minimum absolute atomic E-state index is 0.762. The van der Waals surface area contributed by atoms with Crippen LogP contribution in [0.1, 0.15) is 0 Å². The van der Waals surface area contributed by atoms with Crippen molar-refractivity contribution in [1.82, 2.24) is 0 Å². The Labute approximate surface area is 192 Å².